The van der Waals surface area contributed by atoms with Crippen molar-refractivity contribution < 1.29 is 8.78 Å². The molecule has 25 heavy (non-hydrogen) atoms. The molecule has 0 saturated carbocycles. The van der Waals surface area contributed by atoms with Crippen LogP contribution in [0.1, 0.15) is 18.1 Å². The molecular formula is C19H22ClF2N3. The number of halogens is 3. The summed E-state index contributed by atoms with van der Waals surface area (Å²) in [6.07, 6.45) is 1.74. The summed E-state index contributed by atoms with van der Waals surface area (Å²) in [6, 6.07) is 7.68. The van der Waals surface area contributed by atoms with Crippen LogP contribution in [0, 0.1) is 18.6 Å². The van der Waals surface area contributed by atoms with Gasteiger partial charge in [-0.2, -0.15) is 0 Å². The van der Waals surface area contributed by atoms with Gasteiger partial charge in [0.15, 0.2) is 11.6 Å². The highest BCUT2D eigenvalue weighted by Gasteiger charge is 2.11. The number of rotatable bonds is 6. The lowest BCUT2D eigenvalue weighted by Crippen LogP contribution is -2.17. The first-order valence-corrected chi connectivity index (χ1v) is 8.39. The van der Waals surface area contributed by atoms with Crippen molar-refractivity contribution in [1.82, 2.24) is 4.90 Å². The molecule has 0 spiro atoms. The second-order valence-electron chi connectivity index (χ2n) is 6.01. The van der Waals surface area contributed by atoms with Gasteiger partial charge in [0.05, 0.1) is 17.0 Å². The number of benzene rings is 2. The normalized spacial score (nSPS) is 11.2. The minimum Gasteiger partial charge on any atom is -0.370 e. The maximum absolute atomic E-state index is 13.4. The van der Waals surface area contributed by atoms with Crippen molar-refractivity contribution in [1.29, 1.82) is 0 Å². The van der Waals surface area contributed by atoms with Crippen LogP contribution in [0.25, 0.3) is 0 Å². The Morgan fingerprint density at radius 2 is 1.84 bits per heavy atom. The van der Waals surface area contributed by atoms with Crippen molar-refractivity contribution in [3.05, 3.63) is 58.1 Å². The van der Waals surface area contributed by atoms with Crippen molar-refractivity contribution in [3.8, 4) is 0 Å². The van der Waals surface area contributed by atoms with Crippen LogP contribution in [-0.2, 0) is 6.54 Å². The summed E-state index contributed by atoms with van der Waals surface area (Å²) in [6.45, 7) is 5.30. The molecule has 0 fully saturated rings. The number of hydrogen-bond acceptors (Lipinski definition) is 2. The van der Waals surface area contributed by atoms with Gasteiger partial charge in [-0.1, -0.05) is 17.7 Å². The van der Waals surface area contributed by atoms with Crippen molar-refractivity contribution in [3.63, 3.8) is 0 Å². The zero-order valence-corrected chi connectivity index (χ0v) is 15.6. The molecule has 0 heterocycles. The van der Waals surface area contributed by atoms with Crippen LogP contribution in [0.15, 0.2) is 35.3 Å². The maximum atomic E-state index is 13.4. The molecule has 2 aromatic carbocycles. The summed E-state index contributed by atoms with van der Waals surface area (Å²) in [5.74, 6) is -1.68. The number of nitrogens with zero attached hydrogens (tertiary/aromatic N) is 3. The first-order valence-electron chi connectivity index (χ1n) is 8.01. The number of anilines is 1. The molecule has 2 aromatic rings. The fourth-order valence-electron chi connectivity index (χ4n) is 2.41. The van der Waals surface area contributed by atoms with Gasteiger partial charge in [-0.25, -0.2) is 13.8 Å². The predicted molar refractivity (Wildman–Crippen MR) is 101 cm³/mol. The molecule has 6 heteroatoms. The average molecular weight is 366 g/mol. The minimum absolute atomic E-state index is 0.440. The molecule has 0 saturated heterocycles. The van der Waals surface area contributed by atoms with Gasteiger partial charge in [0.1, 0.15) is 0 Å². The molecule has 0 unspecified atom stereocenters. The third-order valence-electron chi connectivity index (χ3n) is 3.97. The molecule has 134 valence electrons. The highest BCUT2D eigenvalue weighted by atomic mass is 35.5. The van der Waals surface area contributed by atoms with Gasteiger partial charge in [0, 0.05) is 32.9 Å². The average Bonchev–Trinajstić information content (AvgIpc) is 2.58. The van der Waals surface area contributed by atoms with Crippen molar-refractivity contribution in [2.45, 2.75) is 20.4 Å². The Hall–Kier alpha value is -2.14. The second-order valence-corrected chi connectivity index (χ2v) is 6.42. The smallest absolute Gasteiger partial charge is 0.159 e. The molecule has 2 rings (SSSR count). The van der Waals surface area contributed by atoms with Gasteiger partial charge in [-0.05, 0) is 49.2 Å². The second kappa shape index (κ2) is 8.30. The summed E-state index contributed by atoms with van der Waals surface area (Å²) >= 11 is 6.35. The van der Waals surface area contributed by atoms with Crippen LogP contribution >= 0.6 is 11.6 Å². The topological polar surface area (TPSA) is 18.8 Å². The van der Waals surface area contributed by atoms with E-state index in [-0.39, 0.29) is 0 Å². The summed E-state index contributed by atoms with van der Waals surface area (Å²) in [5, 5.41) is 0.540. The van der Waals surface area contributed by atoms with E-state index in [1.54, 1.807) is 12.4 Å². The van der Waals surface area contributed by atoms with E-state index in [0.29, 0.717) is 22.8 Å². The zero-order chi connectivity index (χ0) is 18.6. The van der Waals surface area contributed by atoms with Crippen LogP contribution in [-0.4, -0.2) is 31.9 Å². The van der Waals surface area contributed by atoms with Crippen molar-refractivity contribution >= 4 is 29.3 Å². The summed E-state index contributed by atoms with van der Waals surface area (Å²) in [4.78, 5) is 8.30. The quantitative estimate of drug-likeness (QED) is 0.519. The van der Waals surface area contributed by atoms with Gasteiger partial charge in [-0.3, -0.25) is 0 Å². The zero-order valence-electron chi connectivity index (χ0n) is 14.9. The first kappa shape index (κ1) is 19.2. The third kappa shape index (κ3) is 4.92. The monoisotopic (exact) mass is 365 g/mol. The van der Waals surface area contributed by atoms with E-state index in [4.69, 9.17) is 11.6 Å². The van der Waals surface area contributed by atoms with Crippen LogP contribution in [0.5, 0.6) is 0 Å². The van der Waals surface area contributed by atoms with E-state index in [1.165, 1.54) is 6.07 Å². The Balaban J connectivity index is 2.22. The summed E-state index contributed by atoms with van der Waals surface area (Å²) in [5.41, 5.74) is 3.30. The largest absolute Gasteiger partial charge is 0.370 e. The molecule has 0 amide bonds. The highest BCUT2D eigenvalue weighted by molar-refractivity contribution is 6.33. The first-order chi connectivity index (χ1) is 11.8. The van der Waals surface area contributed by atoms with Crippen LogP contribution in [0.3, 0.4) is 0 Å². The molecule has 0 bridgehead atoms. The molecule has 0 radical (unpaired) electrons. The lowest BCUT2D eigenvalue weighted by Gasteiger charge is -2.22. The lowest BCUT2D eigenvalue weighted by molar-refractivity contribution is 0.507. The Labute approximate surface area is 152 Å². The van der Waals surface area contributed by atoms with Crippen molar-refractivity contribution in [2.24, 2.45) is 4.99 Å². The highest BCUT2D eigenvalue weighted by Crippen LogP contribution is 2.33. The molecule has 0 N–H and O–H groups in total. The maximum Gasteiger partial charge on any atom is 0.159 e. The molecule has 0 aliphatic carbocycles. The van der Waals surface area contributed by atoms with Crippen LogP contribution in [0.4, 0.5) is 20.2 Å². The van der Waals surface area contributed by atoms with E-state index in [1.807, 2.05) is 49.9 Å². The minimum atomic E-state index is -0.843. The number of hydrogen-bond donors (Lipinski definition) is 0. The molecular weight excluding hydrogens is 344 g/mol. The predicted octanol–water partition coefficient (Wildman–Crippen LogP) is 5.17. The SMILES string of the molecule is CCN(C)/C=N\c1cc(C)c(N(C)Cc2ccc(F)c(F)c2)cc1Cl. The fraction of sp³-hybridized carbons (Fsp3) is 0.316. The molecule has 0 aromatic heterocycles. The van der Waals surface area contributed by atoms with E-state index in [2.05, 4.69) is 4.99 Å². The van der Waals surface area contributed by atoms with E-state index in [9.17, 15) is 8.78 Å². The molecule has 0 atom stereocenters. The fourth-order valence-corrected chi connectivity index (χ4v) is 2.61. The van der Waals surface area contributed by atoms with Gasteiger partial charge < -0.3 is 9.80 Å². The van der Waals surface area contributed by atoms with E-state index in [0.717, 1.165) is 23.9 Å². The summed E-state index contributed by atoms with van der Waals surface area (Å²) < 4.78 is 26.4. The standard InChI is InChI=1S/C19H22ClF2N3/c1-5-24(3)12-23-18-8-13(2)19(10-15(18)20)25(4)11-14-6-7-16(21)17(22)9-14/h6-10,12H,5,11H2,1-4H3/b23-12-. The van der Waals surface area contributed by atoms with Gasteiger partial charge in [-0.15, -0.1) is 0 Å². The third-order valence-corrected chi connectivity index (χ3v) is 4.28. The van der Waals surface area contributed by atoms with Gasteiger partial charge in [0.2, 0.25) is 0 Å². The Bertz CT molecular complexity index is 778. The van der Waals surface area contributed by atoms with Gasteiger partial charge in [0.25, 0.3) is 0 Å². The van der Waals surface area contributed by atoms with Crippen molar-refractivity contribution in [2.75, 3.05) is 25.5 Å². The molecule has 0 aliphatic heterocycles. The lowest BCUT2D eigenvalue weighted by atomic mass is 10.1. The number of aliphatic imine (C=N–C) groups is 1. The van der Waals surface area contributed by atoms with Crippen LogP contribution < -0.4 is 4.90 Å². The van der Waals surface area contributed by atoms with E-state index >= 15 is 0 Å². The van der Waals surface area contributed by atoms with Gasteiger partial charge >= 0.3 is 0 Å². The molecule has 3 nitrogen and oxygen atoms in total. The molecule has 0 aliphatic rings. The Morgan fingerprint density at radius 1 is 1.12 bits per heavy atom. The summed E-state index contributed by atoms with van der Waals surface area (Å²) in [7, 11) is 3.82. The Kier molecular flexibility index (Phi) is 6.37. The Morgan fingerprint density at radius 3 is 2.48 bits per heavy atom. The van der Waals surface area contributed by atoms with E-state index < -0.39 is 11.6 Å². The van der Waals surface area contributed by atoms with Crippen LogP contribution in [0.2, 0.25) is 5.02 Å². The number of aryl methyl sites for hydroxylation is 1.